The highest BCUT2D eigenvalue weighted by Crippen LogP contribution is 2.33. The van der Waals surface area contributed by atoms with Crippen molar-refractivity contribution in [1.82, 2.24) is 14.8 Å². The highest BCUT2D eigenvalue weighted by atomic mass is 32.2. The Balaban J connectivity index is 2.16. The van der Waals surface area contributed by atoms with Gasteiger partial charge in [-0.15, -0.1) is 21.5 Å². The molecule has 2 rings (SSSR count). The summed E-state index contributed by atoms with van der Waals surface area (Å²) < 4.78 is 6.62. The van der Waals surface area contributed by atoms with E-state index < -0.39 is 11.9 Å². The zero-order valence-electron chi connectivity index (χ0n) is 14.8. The first-order valence-electron chi connectivity index (χ1n) is 7.64. The van der Waals surface area contributed by atoms with Crippen molar-refractivity contribution in [2.45, 2.75) is 32.5 Å². The number of primary amides is 1. The molecule has 0 bridgehead atoms. The predicted molar refractivity (Wildman–Crippen MR) is 98.7 cm³/mol. The zero-order valence-corrected chi connectivity index (χ0v) is 16.4. The number of nitrogens with one attached hydrogen (secondary N) is 1. The first-order valence-corrected chi connectivity index (χ1v) is 9.44. The second-order valence-electron chi connectivity index (χ2n) is 5.23. The van der Waals surface area contributed by atoms with Crippen LogP contribution in [0.5, 0.6) is 0 Å². The molecule has 2 aromatic rings. The summed E-state index contributed by atoms with van der Waals surface area (Å²) in [6.45, 7) is 6.08. The molecule has 3 N–H and O–H groups in total. The molecule has 0 unspecified atom stereocenters. The number of carbonyl (C=O) groups excluding carboxylic acids is 3. The number of aryl methyl sites for hydroxylation is 1. The Morgan fingerprint density at radius 2 is 2.00 bits per heavy atom. The summed E-state index contributed by atoms with van der Waals surface area (Å²) >= 11 is 2.18. The van der Waals surface area contributed by atoms with Crippen LogP contribution in [0.2, 0.25) is 0 Å². The van der Waals surface area contributed by atoms with Crippen molar-refractivity contribution in [3.63, 3.8) is 0 Å². The van der Waals surface area contributed by atoms with Gasteiger partial charge < -0.3 is 20.4 Å². The van der Waals surface area contributed by atoms with Crippen molar-refractivity contribution in [3.05, 3.63) is 21.8 Å². The number of nitrogens with two attached hydrogens (primary N) is 1. The molecule has 140 valence electrons. The molecular formula is C15H19N5O4S2. The Labute approximate surface area is 158 Å². The molecule has 2 heterocycles. The Morgan fingerprint density at radius 1 is 1.31 bits per heavy atom. The molecule has 0 atom stereocenters. The topological polar surface area (TPSA) is 129 Å². The quantitative estimate of drug-likeness (QED) is 0.536. The number of esters is 1. The molecular weight excluding hydrogens is 378 g/mol. The van der Waals surface area contributed by atoms with Gasteiger partial charge in [0.05, 0.1) is 23.3 Å². The standard InChI is InChI=1S/C15H19N5O4S2/c1-5-20-8(3)18-19-15(20)25-6-9(21)17-13-10(14(23)24-4)7(2)11(26-13)12(16)22/h5-6H2,1-4H3,(H2,16,22)(H,17,21). The van der Waals surface area contributed by atoms with Crippen molar-refractivity contribution in [1.29, 1.82) is 0 Å². The average molecular weight is 397 g/mol. The van der Waals surface area contributed by atoms with Gasteiger partial charge in [0.2, 0.25) is 5.91 Å². The molecule has 0 aliphatic heterocycles. The van der Waals surface area contributed by atoms with E-state index in [0.717, 1.165) is 17.2 Å². The Morgan fingerprint density at radius 3 is 2.58 bits per heavy atom. The maximum absolute atomic E-state index is 12.3. The first kappa shape index (κ1) is 19.9. The maximum Gasteiger partial charge on any atom is 0.341 e. The Kier molecular flexibility index (Phi) is 6.37. The van der Waals surface area contributed by atoms with Crippen LogP contribution < -0.4 is 11.1 Å². The number of carbonyl (C=O) groups is 3. The fraction of sp³-hybridized carbons (Fsp3) is 0.400. The van der Waals surface area contributed by atoms with E-state index >= 15 is 0 Å². The van der Waals surface area contributed by atoms with E-state index in [0.29, 0.717) is 17.3 Å². The molecule has 0 aromatic carbocycles. The van der Waals surface area contributed by atoms with Crippen molar-refractivity contribution in [2.24, 2.45) is 5.73 Å². The van der Waals surface area contributed by atoms with Crippen molar-refractivity contribution in [2.75, 3.05) is 18.2 Å². The molecule has 26 heavy (non-hydrogen) atoms. The highest BCUT2D eigenvalue weighted by molar-refractivity contribution is 7.99. The molecule has 0 spiro atoms. The van der Waals surface area contributed by atoms with Gasteiger partial charge in [0.15, 0.2) is 5.16 Å². The number of aromatic nitrogens is 3. The third-order valence-electron chi connectivity index (χ3n) is 3.56. The van der Waals surface area contributed by atoms with Crippen LogP contribution in [0.15, 0.2) is 5.16 Å². The number of hydrogen-bond acceptors (Lipinski definition) is 8. The number of thiophene rings is 1. The summed E-state index contributed by atoms with van der Waals surface area (Å²) in [5.74, 6) is -0.819. The highest BCUT2D eigenvalue weighted by Gasteiger charge is 2.25. The van der Waals surface area contributed by atoms with Crippen molar-refractivity contribution in [3.8, 4) is 0 Å². The number of rotatable bonds is 7. The summed E-state index contributed by atoms with van der Waals surface area (Å²) in [5, 5.41) is 11.5. The fourth-order valence-electron chi connectivity index (χ4n) is 2.31. The van der Waals surface area contributed by atoms with E-state index in [1.807, 2.05) is 18.4 Å². The molecule has 11 heteroatoms. The Hall–Kier alpha value is -2.40. The van der Waals surface area contributed by atoms with Gasteiger partial charge in [0.25, 0.3) is 5.91 Å². The average Bonchev–Trinajstić information content (AvgIpc) is 3.12. The summed E-state index contributed by atoms with van der Waals surface area (Å²) in [7, 11) is 1.23. The van der Waals surface area contributed by atoms with Gasteiger partial charge in [-0.2, -0.15) is 0 Å². The molecule has 9 nitrogen and oxygen atoms in total. The summed E-state index contributed by atoms with van der Waals surface area (Å²) in [4.78, 5) is 36.0. The van der Waals surface area contributed by atoms with Gasteiger partial charge in [-0.25, -0.2) is 4.79 Å². The van der Waals surface area contributed by atoms with E-state index in [1.54, 1.807) is 6.92 Å². The van der Waals surface area contributed by atoms with Gasteiger partial charge in [0.1, 0.15) is 10.8 Å². The minimum Gasteiger partial charge on any atom is -0.465 e. The van der Waals surface area contributed by atoms with Crippen molar-refractivity contribution < 1.29 is 19.1 Å². The molecule has 2 amide bonds. The number of amides is 2. The summed E-state index contributed by atoms with van der Waals surface area (Å²) in [6.07, 6.45) is 0. The smallest absolute Gasteiger partial charge is 0.341 e. The second-order valence-corrected chi connectivity index (χ2v) is 7.19. The third kappa shape index (κ3) is 4.05. The number of ether oxygens (including phenoxy) is 1. The van der Waals surface area contributed by atoms with Crippen LogP contribution in [0.4, 0.5) is 5.00 Å². The lowest BCUT2D eigenvalue weighted by atomic mass is 10.1. The third-order valence-corrected chi connectivity index (χ3v) is 5.75. The van der Waals surface area contributed by atoms with Gasteiger partial charge in [-0.3, -0.25) is 9.59 Å². The summed E-state index contributed by atoms with van der Waals surface area (Å²) in [6, 6.07) is 0. The van der Waals surface area contributed by atoms with Crippen LogP contribution in [-0.4, -0.2) is 45.4 Å². The van der Waals surface area contributed by atoms with E-state index in [1.165, 1.54) is 18.9 Å². The van der Waals surface area contributed by atoms with E-state index in [-0.39, 0.29) is 27.1 Å². The molecule has 0 radical (unpaired) electrons. The lowest BCUT2D eigenvalue weighted by Gasteiger charge is -2.07. The number of nitrogens with zero attached hydrogens (tertiary/aromatic N) is 3. The number of hydrogen-bond donors (Lipinski definition) is 2. The molecule has 0 aliphatic carbocycles. The number of anilines is 1. The summed E-state index contributed by atoms with van der Waals surface area (Å²) in [5.41, 5.74) is 5.85. The SMILES string of the molecule is CCn1c(C)nnc1SCC(=O)Nc1sc(C(N)=O)c(C)c1C(=O)OC. The maximum atomic E-state index is 12.3. The van der Waals surface area contributed by atoms with Gasteiger partial charge in [-0.05, 0) is 26.3 Å². The molecule has 2 aromatic heterocycles. The van der Waals surface area contributed by atoms with Crippen LogP contribution >= 0.6 is 23.1 Å². The lowest BCUT2D eigenvalue weighted by molar-refractivity contribution is -0.113. The van der Waals surface area contributed by atoms with Crippen LogP contribution in [0.1, 0.15) is 38.3 Å². The minimum atomic E-state index is -0.668. The Bertz CT molecular complexity index is 859. The van der Waals surface area contributed by atoms with Crippen LogP contribution in [0.25, 0.3) is 0 Å². The van der Waals surface area contributed by atoms with Crippen LogP contribution in [-0.2, 0) is 16.1 Å². The van der Waals surface area contributed by atoms with E-state index in [4.69, 9.17) is 10.5 Å². The molecule has 0 fully saturated rings. The molecule has 0 aliphatic rings. The molecule has 0 saturated heterocycles. The van der Waals surface area contributed by atoms with Crippen molar-refractivity contribution >= 4 is 45.9 Å². The van der Waals surface area contributed by atoms with Gasteiger partial charge in [-0.1, -0.05) is 11.8 Å². The first-order chi connectivity index (χ1) is 12.3. The van der Waals surface area contributed by atoms with Gasteiger partial charge >= 0.3 is 5.97 Å². The minimum absolute atomic E-state index is 0.0710. The number of thioether (sulfide) groups is 1. The largest absolute Gasteiger partial charge is 0.465 e. The van der Waals surface area contributed by atoms with Gasteiger partial charge in [0, 0.05) is 6.54 Å². The monoisotopic (exact) mass is 397 g/mol. The van der Waals surface area contributed by atoms with Crippen LogP contribution in [0.3, 0.4) is 0 Å². The number of methoxy groups -OCH3 is 1. The van der Waals surface area contributed by atoms with Crippen LogP contribution in [0, 0.1) is 13.8 Å². The zero-order chi connectivity index (χ0) is 19.4. The second kappa shape index (κ2) is 8.32. The predicted octanol–water partition coefficient (Wildman–Crippen LogP) is 1.59. The fourth-order valence-corrected chi connectivity index (χ4v) is 4.22. The van der Waals surface area contributed by atoms with E-state index in [2.05, 4.69) is 15.5 Å². The van der Waals surface area contributed by atoms with E-state index in [9.17, 15) is 14.4 Å². The lowest BCUT2D eigenvalue weighted by Crippen LogP contribution is -2.16. The normalized spacial score (nSPS) is 10.6. The molecule has 0 saturated carbocycles.